The summed E-state index contributed by atoms with van der Waals surface area (Å²) >= 11 is 0. The Bertz CT molecular complexity index is 640. The quantitative estimate of drug-likeness (QED) is 0.479. The van der Waals surface area contributed by atoms with Gasteiger partial charge in [-0.25, -0.2) is 10.8 Å². The fraction of sp³-hybridized carbons (Fsp3) is 0.308. The van der Waals surface area contributed by atoms with E-state index in [0.717, 1.165) is 11.0 Å². The second kappa shape index (κ2) is 5.50. The summed E-state index contributed by atoms with van der Waals surface area (Å²) in [5.41, 5.74) is 3.89. The molecule has 2 aromatic rings. The van der Waals surface area contributed by atoms with E-state index in [9.17, 15) is 4.79 Å². The zero-order valence-corrected chi connectivity index (χ0v) is 10.6. The van der Waals surface area contributed by atoms with Crippen LogP contribution in [-0.4, -0.2) is 15.5 Å². The number of rotatable bonds is 4. The number of fused-ring (bicyclic) bond motifs is 1. The molecule has 1 atom stereocenters. The van der Waals surface area contributed by atoms with Crippen molar-refractivity contribution >= 4 is 16.9 Å². The van der Waals surface area contributed by atoms with Crippen molar-refractivity contribution in [3.63, 3.8) is 0 Å². The Morgan fingerprint density at radius 1 is 1.58 bits per heavy atom. The second-order valence-corrected chi connectivity index (χ2v) is 4.37. The third-order valence-corrected chi connectivity index (χ3v) is 3.02. The number of amides is 1. The van der Waals surface area contributed by atoms with Gasteiger partial charge in [-0.2, -0.15) is 5.26 Å². The molecule has 0 spiro atoms. The molecule has 0 radical (unpaired) electrons. The molecule has 0 aliphatic heterocycles. The van der Waals surface area contributed by atoms with E-state index in [1.54, 1.807) is 6.92 Å². The lowest BCUT2D eigenvalue weighted by Crippen LogP contribution is -2.36. The molecule has 98 valence electrons. The van der Waals surface area contributed by atoms with Gasteiger partial charge in [0.1, 0.15) is 5.82 Å². The van der Waals surface area contributed by atoms with Crippen LogP contribution in [0.1, 0.15) is 12.7 Å². The number of hydrogen-bond donors (Lipinski definition) is 2. The highest BCUT2D eigenvalue weighted by Gasteiger charge is 2.17. The highest BCUT2D eigenvalue weighted by molar-refractivity contribution is 5.79. The first-order chi connectivity index (χ1) is 9.17. The molecule has 3 N–H and O–H groups in total. The Kier molecular flexibility index (Phi) is 3.78. The number of carbonyl (C=O) groups is 1. The highest BCUT2D eigenvalue weighted by Crippen LogP contribution is 2.18. The molecule has 6 heteroatoms. The van der Waals surface area contributed by atoms with Crippen LogP contribution in [0.2, 0.25) is 0 Å². The molecule has 0 saturated carbocycles. The molecule has 1 aromatic heterocycles. The number of nitriles is 1. The Morgan fingerprint density at radius 2 is 2.32 bits per heavy atom. The topological polar surface area (TPSA) is 96.7 Å². The predicted octanol–water partition coefficient (Wildman–Crippen LogP) is 0.728. The molecule has 6 nitrogen and oxygen atoms in total. The second-order valence-electron chi connectivity index (χ2n) is 4.37. The number of para-hydroxylation sites is 2. The van der Waals surface area contributed by atoms with Crippen LogP contribution in [0, 0.1) is 17.2 Å². The van der Waals surface area contributed by atoms with Crippen LogP contribution in [0.25, 0.3) is 11.0 Å². The van der Waals surface area contributed by atoms with Crippen molar-refractivity contribution in [2.75, 3.05) is 0 Å². The van der Waals surface area contributed by atoms with Crippen molar-refractivity contribution in [1.82, 2.24) is 15.0 Å². The Labute approximate surface area is 110 Å². The van der Waals surface area contributed by atoms with Gasteiger partial charge in [0, 0.05) is 6.54 Å². The van der Waals surface area contributed by atoms with Gasteiger partial charge < -0.3 is 4.57 Å². The molecule has 0 aliphatic rings. The molecule has 0 fully saturated rings. The van der Waals surface area contributed by atoms with Gasteiger partial charge >= 0.3 is 0 Å². The van der Waals surface area contributed by atoms with Crippen molar-refractivity contribution in [1.29, 1.82) is 5.26 Å². The van der Waals surface area contributed by atoms with Crippen molar-refractivity contribution in [3.8, 4) is 6.07 Å². The van der Waals surface area contributed by atoms with E-state index in [0.29, 0.717) is 12.4 Å². The lowest BCUT2D eigenvalue weighted by atomic mass is 10.1. The number of benzene rings is 1. The van der Waals surface area contributed by atoms with Crippen LogP contribution >= 0.6 is 0 Å². The fourth-order valence-electron chi connectivity index (χ4n) is 2.03. The molecule has 19 heavy (non-hydrogen) atoms. The van der Waals surface area contributed by atoms with Gasteiger partial charge in [-0.3, -0.25) is 10.2 Å². The first-order valence-electron chi connectivity index (χ1n) is 5.99. The van der Waals surface area contributed by atoms with Gasteiger partial charge in [-0.05, 0) is 12.1 Å². The van der Waals surface area contributed by atoms with E-state index in [1.165, 1.54) is 0 Å². The zero-order chi connectivity index (χ0) is 13.8. The summed E-state index contributed by atoms with van der Waals surface area (Å²) in [5, 5.41) is 8.86. The fourth-order valence-corrected chi connectivity index (χ4v) is 2.03. The van der Waals surface area contributed by atoms with E-state index < -0.39 is 0 Å². The number of aromatic nitrogens is 2. The third kappa shape index (κ3) is 2.56. The SMILES string of the molecule is CC(Cn1c(CC#N)nc2ccccc21)C(=O)NN. The number of nitrogens with one attached hydrogen (secondary N) is 1. The number of hydrazine groups is 1. The minimum absolute atomic E-state index is 0.214. The number of carbonyl (C=O) groups excluding carboxylic acids is 1. The summed E-state index contributed by atoms with van der Waals surface area (Å²) in [6, 6.07) is 9.71. The number of hydrogen-bond acceptors (Lipinski definition) is 4. The van der Waals surface area contributed by atoms with Crippen LogP contribution in [-0.2, 0) is 17.8 Å². The Hall–Kier alpha value is -2.39. The van der Waals surface area contributed by atoms with E-state index in [2.05, 4.69) is 16.5 Å². The largest absolute Gasteiger partial charge is 0.326 e. The summed E-state index contributed by atoms with van der Waals surface area (Å²) in [7, 11) is 0. The standard InChI is InChI=1S/C13H15N5O/c1-9(13(19)17-15)8-18-11-5-3-2-4-10(11)16-12(18)6-7-14/h2-5,9H,6,8,15H2,1H3,(H,17,19). The minimum atomic E-state index is -0.292. The van der Waals surface area contributed by atoms with Crippen LogP contribution in [0.4, 0.5) is 0 Å². The molecule has 0 aliphatic carbocycles. The van der Waals surface area contributed by atoms with Crippen LogP contribution in [0.15, 0.2) is 24.3 Å². The maximum atomic E-state index is 11.5. The van der Waals surface area contributed by atoms with Crippen molar-refractivity contribution in [3.05, 3.63) is 30.1 Å². The lowest BCUT2D eigenvalue weighted by Gasteiger charge is -2.13. The monoisotopic (exact) mass is 257 g/mol. The molecular weight excluding hydrogens is 242 g/mol. The summed E-state index contributed by atoms with van der Waals surface area (Å²) in [6.45, 7) is 2.23. The Balaban J connectivity index is 2.42. The maximum absolute atomic E-state index is 11.5. The molecule has 0 bridgehead atoms. The highest BCUT2D eigenvalue weighted by atomic mass is 16.2. The van der Waals surface area contributed by atoms with Crippen LogP contribution in [0.3, 0.4) is 0 Å². The first-order valence-corrected chi connectivity index (χ1v) is 5.99. The van der Waals surface area contributed by atoms with Gasteiger partial charge in [0.2, 0.25) is 5.91 Å². The van der Waals surface area contributed by atoms with Gasteiger partial charge in [0.15, 0.2) is 0 Å². The normalized spacial score (nSPS) is 12.1. The summed E-state index contributed by atoms with van der Waals surface area (Å²) in [4.78, 5) is 15.9. The molecule has 1 amide bonds. The van der Waals surface area contributed by atoms with Crippen LogP contribution < -0.4 is 11.3 Å². The molecule has 1 heterocycles. The van der Waals surface area contributed by atoms with Gasteiger partial charge in [-0.15, -0.1) is 0 Å². The molecular formula is C13H15N5O. The number of nitrogens with two attached hydrogens (primary N) is 1. The number of nitrogens with zero attached hydrogens (tertiary/aromatic N) is 3. The van der Waals surface area contributed by atoms with E-state index in [1.807, 2.05) is 28.8 Å². The van der Waals surface area contributed by atoms with Gasteiger partial charge in [0.25, 0.3) is 0 Å². The smallest absolute Gasteiger partial charge is 0.238 e. The summed E-state index contributed by atoms with van der Waals surface area (Å²) < 4.78 is 1.90. The lowest BCUT2D eigenvalue weighted by molar-refractivity contribution is -0.124. The summed E-state index contributed by atoms with van der Waals surface area (Å²) in [5.74, 6) is 5.27. The number of imidazole rings is 1. The van der Waals surface area contributed by atoms with Gasteiger partial charge in [0.05, 0.1) is 29.4 Å². The van der Waals surface area contributed by atoms with Gasteiger partial charge in [-0.1, -0.05) is 19.1 Å². The van der Waals surface area contributed by atoms with E-state index in [-0.39, 0.29) is 18.2 Å². The predicted molar refractivity (Wildman–Crippen MR) is 70.5 cm³/mol. The van der Waals surface area contributed by atoms with Crippen molar-refractivity contribution in [2.24, 2.45) is 11.8 Å². The maximum Gasteiger partial charge on any atom is 0.238 e. The molecule has 1 aromatic carbocycles. The zero-order valence-electron chi connectivity index (χ0n) is 10.6. The molecule has 1 unspecified atom stereocenters. The molecule has 2 rings (SSSR count). The summed E-state index contributed by atoms with van der Waals surface area (Å²) in [6.07, 6.45) is 0.214. The average molecular weight is 257 g/mol. The molecule has 0 saturated heterocycles. The average Bonchev–Trinajstić information content (AvgIpc) is 2.76. The van der Waals surface area contributed by atoms with Crippen molar-refractivity contribution in [2.45, 2.75) is 19.9 Å². The third-order valence-electron chi connectivity index (χ3n) is 3.02. The van der Waals surface area contributed by atoms with Crippen LogP contribution in [0.5, 0.6) is 0 Å². The van der Waals surface area contributed by atoms with Crippen molar-refractivity contribution < 1.29 is 4.79 Å². The Morgan fingerprint density at radius 3 is 3.00 bits per heavy atom. The van der Waals surface area contributed by atoms with E-state index in [4.69, 9.17) is 11.1 Å². The minimum Gasteiger partial charge on any atom is -0.326 e. The first kappa shape index (κ1) is 13.1. The van der Waals surface area contributed by atoms with E-state index >= 15 is 0 Å².